The highest BCUT2D eigenvalue weighted by atomic mass is 16.6. The number of ether oxygens (including phenoxy) is 1. The van der Waals surface area contributed by atoms with Crippen LogP contribution in [0.3, 0.4) is 0 Å². The SMILES string of the molecule is Cc1ccc(CN2CCN(C(=O)OC(C)(C)C)CC2)c(C(=O)C(=O)O)c1.Cc1ccc(CN2CCNCC2)c(C(=O)C(=O)O)c1. The molecule has 0 aliphatic carbocycles. The molecule has 2 aromatic carbocycles. The van der Waals surface area contributed by atoms with Gasteiger partial charge in [0.25, 0.3) is 11.6 Å². The molecule has 2 heterocycles. The van der Waals surface area contributed by atoms with Gasteiger partial charge in [0.05, 0.1) is 0 Å². The zero-order valence-corrected chi connectivity index (χ0v) is 26.7. The molecule has 3 N–H and O–H groups in total. The average Bonchev–Trinajstić information content (AvgIpc) is 2.98. The van der Waals surface area contributed by atoms with Crippen molar-refractivity contribution in [3.05, 3.63) is 69.8 Å². The third-order valence-electron chi connectivity index (χ3n) is 7.43. The molecule has 2 saturated heterocycles. The summed E-state index contributed by atoms with van der Waals surface area (Å²) in [6, 6.07) is 10.7. The van der Waals surface area contributed by atoms with Crippen LogP contribution < -0.4 is 5.32 Å². The van der Waals surface area contributed by atoms with Crippen molar-refractivity contribution in [2.75, 3.05) is 52.4 Å². The van der Waals surface area contributed by atoms with E-state index >= 15 is 0 Å². The Balaban J connectivity index is 0.000000257. The molecule has 0 bridgehead atoms. The lowest BCUT2D eigenvalue weighted by Crippen LogP contribution is -2.49. The number of carboxylic acids is 2. The lowest BCUT2D eigenvalue weighted by Gasteiger charge is -2.35. The number of carboxylic acid groups (broad SMARTS) is 2. The predicted octanol–water partition coefficient (Wildman–Crippen LogP) is 2.98. The van der Waals surface area contributed by atoms with Gasteiger partial charge in [0.1, 0.15) is 5.60 Å². The van der Waals surface area contributed by atoms with E-state index in [4.69, 9.17) is 14.9 Å². The lowest BCUT2D eigenvalue weighted by molar-refractivity contribution is -0.132. The van der Waals surface area contributed by atoms with Crippen molar-refractivity contribution >= 4 is 29.6 Å². The molecule has 244 valence electrons. The summed E-state index contributed by atoms with van der Waals surface area (Å²) in [5, 5.41) is 21.2. The number of Topliss-reactive ketones (excluding diaryl/α,β-unsaturated/α-hetero) is 2. The summed E-state index contributed by atoms with van der Waals surface area (Å²) in [7, 11) is 0. The van der Waals surface area contributed by atoms with Crippen LogP contribution >= 0.6 is 0 Å². The Morgan fingerprint density at radius 3 is 1.53 bits per heavy atom. The summed E-state index contributed by atoms with van der Waals surface area (Å²) in [4.78, 5) is 63.7. The van der Waals surface area contributed by atoms with Gasteiger partial charge in [-0.05, 0) is 57.9 Å². The zero-order chi connectivity index (χ0) is 33.3. The molecule has 0 aromatic heterocycles. The average molecular weight is 625 g/mol. The van der Waals surface area contributed by atoms with Crippen molar-refractivity contribution in [1.82, 2.24) is 20.0 Å². The number of hydrogen-bond donors (Lipinski definition) is 3. The molecule has 2 aromatic rings. The van der Waals surface area contributed by atoms with Crippen LogP contribution in [0.4, 0.5) is 4.79 Å². The number of aliphatic carboxylic acids is 2. The van der Waals surface area contributed by atoms with Crippen molar-refractivity contribution in [2.24, 2.45) is 0 Å². The summed E-state index contributed by atoms with van der Waals surface area (Å²) in [5.41, 5.74) is 3.23. The first kappa shape index (κ1) is 35.4. The van der Waals surface area contributed by atoms with Gasteiger partial charge in [-0.1, -0.05) is 35.4 Å². The van der Waals surface area contributed by atoms with Gasteiger partial charge < -0.3 is 25.2 Å². The van der Waals surface area contributed by atoms with E-state index in [2.05, 4.69) is 15.1 Å². The predicted molar refractivity (Wildman–Crippen MR) is 168 cm³/mol. The van der Waals surface area contributed by atoms with Gasteiger partial charge in [0.2, 0.25) is 0 Å². The number of rotatable bonds is 8. The summed E-state index contributed by atoms with van der Waals surface area (Å²) in [5.74, 6) is -4.57. The van der Waals surface area contributed by atoms with Crippen molar-refractivity contribution in [2.45, 2.75) is 53.3 Å². The molecule has 12 heteroatoms. The molecule has 2 aliphatic rings. The molecule has 1 amide bonds. The van der Waals surface area contributed by atoms with Gasteiger partial charge in [-0.2, -0.15) is 0 Å². The fourth-order valence-electron chi connectivity index (χ4n) is 5.08. The molecule has 0 spiro atoms. The fraction of sp³-hybridized carbons (Fsp3) is 0.485. The van der Waals surface area contributed by atoms with Crippen LogP contribution in [0, 0.1) is 13.8 Å². The molecule has 0 atom stereocenters. The maximum Gasteiger partial charge on any atom is 0.410 e. The van der Waals surface area contributed by atoms with Crippen LogP contribution in [0.2, 0.25) is 0 Å². The van der Waals surface area contributed by atoms with E-state index in [1.165, 1.54) is 0 Å². The van der Waals surface area contributed by atoms with Crippen molar-refractivity contribution < 1.29 is 38.9 Å². The Morgan fingerprint density at radius 1 is 0.711 bits per heavy atom. The molecule has 4 rings (SSSR count). The number of carbonyl (C=O) groups is 5. The van der Waals surface area contributed by atoms with Crippen molar-refractivity contribution in [3.8, 4) is 0 Å². The first-order valence-electron chi connectivity index (χ1n) is 15.0. The normalized spacial score (nSPS) is 15.9. The van der Waals surface area contributed by atoms with Crippen molar-refractivity contribution in [1.29, 1.82) is 0 Å². The van der Waals surface area contributed by atoms with Crippen LogP contribution in [-0.2, 0) is 27.4 Å². The lowest BCUT2D eigenvalue weighted by atomic mass is 10.00. The topological polar surface area (TPSA) is 157 Å². The summed E-state index contributed by atoms with van der Waals surface area (Å²) in [6.07, 6.45) is -0.325. The molecule has 12 nitrogen and oxygen atoms in total. The first-order chi connectivity index (χ1) is 21.1. The number of hydrogen-bond acceptors (Lipinski definition) is 9. The van der Waals surface area contributed by atoms with E-state index in [9.17, 15) is 24.0 Å². The van der Waals surface area contributed by atoms with Crippen molar-refractivity contribution in [3.63, 3.8) is 0 Å². The van der Waals surface area contributed by atoms with Crippen LogP contribution in [0.5, 0.6) is 0 Å². The van der Waals surface area contributed by atoms with Gasteiger partial charge in [0, 0.05) is 76.6 Å². The Bertz CT molecular complexity index is 1400. The monoisotopic (exact) mass is 624 g/mol. The number of carbonyl (C=O) groups excluding carboxylic acids is 3. The third-order valence-corrected chi connectivity index (χ3v) is 7.43. The Morgan fingerprint density at radius 2 is 1.13 bits per heavy atom. The molecule has 0 saturated carbocycles. The third kappa shape index (κ3) is 10.8. The number of nitrogens with zero attached hydrogens (tertiary/aromatic N) is 3. The number of benzene rings is 2. The van der Waals surface area contributed by atoms with Gasteiger partial charge >= 0.3 is 18.0 Å². The van der Waals surface area contributed by atoms with E-state index in [1.807, 2.05) is 52.8 Å². The van der Waals surface area contributed by atoms with E-state index < -0.39 is 29.1 Å². The number of aryl methyl sites for hydroxylation is 2. The second-order valence-corrected chi connectivity index (χ2v) is 12.4. The minimum absolute atomic E-state index is 0.229. The number of amides is 1. The van der Waals surface area contributed by atoms with Crippen LogP contribution in [-0.4, -0.2) is 112 Å². The molecule has 2 aliphatic heterocycles. The zero-order valence-electron chi connectivity index (χ0n) is 26.7. The number of piperazine rings is 2. The van der Waals surface area contributed by atoms with E-state index in [0.717, 1.165) is 42.9 Å². The minimum Gasteiger partial charge on any atom is -0.475 e. The number of ketones is 2. The molecule has 0 unspecified atom stereocenters. The molecule has 45 heavy (non-hydrogen) atoms. The van der Waals surface area contributed by atoms with Gasteiger partial charge in [-0.3, -0.25) is 19.4 Å². The Hall–Kier alpha value is -4.13. The standard InChI is InChI=1S/C19H26N2O5.C14H18N2O3/c1-13-5-6-14(15(11-13)16(22)17(23)24)12-20-7-9-21(10-8-20)18(25)26-19(2,3)4;1-10-2-3-11(9-16-6-4-15-5-7-16)12(8-10)13(17)14(18)19/h5-6,11H,7-10,12H2,1-4H3,(H,23,24);2-3,8,15H,4-7,9H2,1H3,(H,18,19). The summed E-state index contributed by atoms with van der Waals surface area (Å²) < 4.78 is 5.38. The fourth-order valence-corrected chi connectivity index (χ4v) is 5.08. The summed E-state index contributed by atoms with van der Waals surface area (Å²) in [6.45, 7) is 16.3. The highest BCUT2D eigenvalue weighted by Gasteiger charge is 2.27. The largest absolute Gasteiger partial charge is 0.475 e. The second-order valence-electron chi connectivity index (χ2n) is 12.4. The molecular weight excluding hydrogens is 580 g/mol. The number of nitrogens with one attached hydrogen (secondary N) is 1. The minimum atomic E-state index is -1.45. The highest BCUT2D eigenvalue weighted by molar-refractivity contribution is 6.40. The van der Waals surface area contributed by atoms with Crippen LogP contribution in [0.1, 0.15) is 63.7 Å². The van der Waals surface area contributed by atoms with Crippen LogP contribution in [0.25, 0.3) is 0 Å². The van der Waals surface area contributed by atoms with Gasteiger partial charge in [0.15, 0.2) is 0 Å². The maximum absolute atomic E-state index is 12.1. The quantitative estimate of drug-likeness (QED) is 0.293. The second kappa shape index (κ2) is 15.7. The van der Waals surface area contributed by atoms with Crippen LogP contribution in [0.15, 0.2) is 36.4 Å². The van der Waals surface area contributed by atoms with E-state index in [0.29, 0.717) is 50.4 Å². The Labute approximate surface area is 263 Å². The molecule has 2 fully saturated rings. The highest BCUT2D eigenvalue weighted by Crippen LogP contribution is 2.18. The van der Waals surface area contributed by atoms with Gasteiger partial charge in [-0.25, -0.2) is 14.4 Å². The Kier molecular flexibility index (Phi) is 12.4. The first-order valence-corrected chi connectivity index (χ1v) is 15.0. The molecule has 0 radical (unpaired) electrons. The smallest absolute Gasteiger partial charge is 0.410 e. The van der Waals surface area contributed by atoms with E-state index in [-0.39, 0.29) is 11.7 Å². The maximum atomic E-state index is 12.1. The van der Waals surface area contributed by atoms with E-state index in [1.54, 1.807) is 23.1 Å². The molecular formula is C33H44N4O8. The summed E-state index contributed by atoms with van der Waals surface area (Å²) >= 11 is 0. The van der Waals surface area contributed by atoms with Gasteiger partial charge in [-0.15, -0.1) is 0 Å².